The molecule has 10 aromatic carbocycles. The summed E-state index contributed by atoms with van der Waals surface area (Å²) in [6, 6.07) is 67.9. The molecule has 0 radical (unpaired) electrons. The summed E-state index contributed by atoms with van der Waals surface area (Å²) in [5.74, 6) is 0. The van der Waals surface area contributed by atoms with Gasteiger partial charge >= 0.3 is 0 Å². The van der Waals surface area contributed by atoms with Crippen LogP contribution in [0, 0.1) is 0 Å². The van der Waals surface area contributed by atoms with E-state index in [-0.39, 0.29) is 0 Å². The lowest BCUT2D eigenvalue weighted by Gasteiger charge is -2.24. The Morgan fingerprint density at radius 1 is 0.463 bits per heavy atom. The second-order valence-electron chi connectivity index (χ2n) is 14.2. The zero-order chi connectivity index (χ0) is 36.0. The van der Waals surface area contributed by atoms with Crippen molar-refractivity contribution in [2.45, 2.75) is 12.6 Å². The SMILES string of the molecule is NC(N/C(=C\Cc1ccc2c(ccc3c4ccccc4ccc23)c1)c1c2ccccc2c(-c2ccccc2)c2c1ccc1ccccc12)c1ccccc1. The van der Waals surface area contributed by atoms with Crippen molar-refractivity contribution in [3.63, 3.8) is 0 Å². The average Bonchev–Trinajstić information content (AvgIpc) is 3.24. The third kappa shape index (κ3) is 5.47. The van der Waals surface area contributed by atoms with Crippen LogP contribution in [-0.4, -0.2) is 0 Å². The van der Waals surface area contributed by atoms with Gasteiger partial charge in [-0.2, -0.15) is 0 Å². The van der Waals surface area contributed by atoms with E-state index in [0.29, 0.717) is 0 Å². The van der Waals surface area contributed by atoms with E-state index < -0.39 is 6.17 Å². The smallest absolute Gasteiger partial charge is 0.101 e. The first kappa shape index (κ1) is 32.0. The van der Waals surface area contributed by atoms with Gasteiger partial charge in [-0.1, -0.05) is 194 Å². The highest BCUT2D eigenvalue weighted by atomic mass is 15.0. The molecule has 10 aromatic rings. The highest BCUT2D eigenvalue weighted by Crippen LogP contribution is 2.44. The molecule has 0 aromatic heterocycles. The minimum atomic E-state index is -0.404. The Hall–Kier alpha value is -6.74. The van der Waals surface area contributed by atoms with Crippen LogP contribution in [-0.2, 0) is 6.42 Å². The van der Waals surface area contributed by atoms with Crippen molar-refractivity contribution in [1.82, 2.24) is 5.32 Å². The predicted octanol–water partition coefficient (Wildman–Crippen LogP) is 13.1. The van der Waals surface area contributed by atoms with Crippen molar-refractivity contribution >= 4 is 70.3 Å². The molecule has 0 fully saturated rings. The van der Waals surface area contributed by atoms with E-state index in [1.54, 1.807) is 0 Å². The first-order valence-corrected chi connectivity index (χ1v) is 18.7. The van der Waals surface area contributed by atoms with Crippen LogP contribution in [0.15, 0.2) is 194 Å². The number of benzene rings is 10. The summed E-state index contributed by atoms with van der Waals surface area (Å²) in [7, 11) is 0. The number of hydrogen-bond donors (Lipinski definition) is 2. The molecule has 54 heavy (non-hydrogen) atoms. The Morgan fingerprint density at radius 2 is 1.00 bits per heavy atom. The molecule has 256 valence electrons. The monoisotopic (exact) mass is 690 g/mol. The maximum atomic E-state index is 7.02. The zero-order valence-corrected chi connectivity index (χ0v) is 29.8. The fraction of sp³-hybridized carbons (Fsp3) is 0.0385. The fourth-order valence-corrected chi connectivity index (χ4v) is 8.51. The summed E-state index contributed by atoms with van der Waals surface area (Å²) in [6.07, 6.45) is 2.68. The molecule has 1 unspecified atom stereocenters. The molecule has 0 aliphatic heterocycles. The normalized spacial score (nSPS) is 12.6. The van der Waals surface area contributed by atoms with Gasteiger partial charge in [0.25, 0.3) is 0 Å². The molecule has 0 spiro atoms. The van der Waals surface area contributed by atoms with Gasteiger partial charge in [0.1, 0.15) is 6.17 Å². The molecule has 10 rings (SSSR count). The van der Waals surface area contributed by atoms with Gasteiger partial charge in [-0.25, -0.2) is 0 Å². The van der Waals surface area contributed by atoms with Crippen LogP contribution >= 0.6 is 0 Å². The van der Waals surface area contributed by atoms with Gasteiger partial charge in [0.05, 0.1) is 0 Å². The lowest BCUT2D eigenvalue weighted by molar-refractivity contribution is 0.666. The van der Waals surface area contributed by atoms with Gasteiger partial charge in [-0.05, 0) is 93.3 Å². The van der Waals surface area contributed by atoms with Crippen LogP contribution in [0.4, 0.5) is 0 Å². The summed E-state index contributed by atoms with van der Waals surface area (Å²) in [4.78, 5) is 0. The molecule has 2 heteroatoms. The minimum absolute atomic E-state index is 0.404. The van der Waals surface area contributed by atoms with Crippen molar-refractivity contribution in [2.24, 2.45) is 5.73 Å². The molecule has 0 saturated heterocycles. The molecular formula is C52H38N2. The Labute approximate surface area is 314 Å². The van der Waals surface area contributed by atoms with Crippen LogP contribution in [0.3, 0.4) is 0 Å². The molecule has 0 aliphatic rings. The maximum Gasteiger partial charge on any atom is 0.101 e. The second kappa shape index (κ2) is 13.3. The average molecular weight is 691 g/mol. The van der Waals surface area contributed by atoms with E-state index in [1.807, 2.05) is 18.2 Å². The standard InChI is InChI=1S/C52H38N2/c53-52(38-17-5-2-6-18-38)54-48(32-24-34-23-28-41-39(33-34)27-30-43-40-19-9-7-13-35(40)25-29-44(41)43)50-46-22-12-11-21-45(46)49(37-15-3-1-4-16-37)51-42-20-10-8-14-36(42)26-31-47(50)51/h1-23,25-33,52,54H,24,53H2/b48-32-. The van der Waals surface area contributed by atoms with Crippen LogP contribution in [0.1, 0.15) is 22.9 Å². The summed E-state index contributed by atoms with van der Waals surface area (Å²) >= 11 is 0. The third-order valence-electron chi connectivity index (χ3n) is 11.1. The Balaban J connectivity index is 1.18. The summed E-state index contributed by atoms with van der Waals surface area (Å²) < 4.78 is 0. The van der Waals surface area contributed by atoms with Crippen LogP contribution in [0.2, 0.25) is 0 Å². The minimum Gasteiger partial charge on any atom is -0.366 e. The van der Waals surface area contributed by atoms with E-state index >= 15 is 0 Å². The van der Waals surface area contributed by atoms with Crippen molar-refractivity contribution in [3.8, 4) is 11.1 Å². The topological polar surface area (TPSA) is 38.0 Å². The van der Waals surface area contributed by atoms with Crippen molar-refractivity contribution < 1.29 is 0 Å². The molecular weight excluding hydrogens is 653 g/mol. The quantitative estimate of drug-likeness (QED) is 0.0992. The molecule has 3 N–H and O–H groups in total. The van der Waals surface area contributed by atoms with Gasteiger partial charge in [-0.15, -0.1) is 0 Å². The molecule has 0 aliphatic carbocycles. The number of rotatable bonds is 7. The lowest BCUT2D eigenvalue weighted by atomic mass is 9.85. The summed E-state index contributed by atoms with van der Waals surface area (Å²) in [5.41, 5.74) is 13.9. The predicted molar refractivity (Wildman–Crippen MR) is 232 cm³/mol. The van der Waals surface area contributed by atoms with E-state index in [0.717, 1.165) is 23.2 Å². The van der Waals surface area contributed by atoms with E-state index in [4.69, 9.17) is 5.73 Å². The Morgan fingerprint density at radius 3 is 1.74 bits per heavy atom. The van der Waals surface area contributed by atoms with Crippen LogP contribution in [0.25, 0.3) is 81.5 Å². The zero-order valence-electron chi connectivity index (χ0n) is 29.8. The number of fused-ring (bicyclic) bond motifs is 9. The number of allylic oxidation sites excluding steroid dienone is 1. The maximum absolute atomic E-state index is 7.02. The third-order valence-corrected chi connectivity index (χ3v) is 11.1. The molecule has 0 saturated carbocycles. The highest BCUT2D eigenvalue weighted by Gasteiger charge is 2.21. The van der Waals surface area contributed by atoms with Gasteiger partial charge in [-0.3, -0.25) is 0 Å². The van der Waals surface area contributed by atoms with Crippen molar-refractivity contribution in [1.29, 1.82) is 0 Å². The molecule has 0 heterocycles. The van der Waals surface area contributed by atoms with Crippen molar-refractivity contribution in [3.05, 3.63) is 211 Å². The van der Waals surface area contributed by atoms with Gasteiger partial charge < -0.3 is 11.1 Å². The molecule has 1 atom stereocenters. The fourth-order valence-electron chi connectivity index (χ4n) is 8.51. The highest BCUT2D eigenvalue weighted by molar-refractivity contribution is 6.26. The number of nitrogens with one attached hydrogen (secondary N) is 1. The van der Waals surface area contributed by atoms with Crippen LogP contribution < -0.4 is 11.1 Å². The second-order valence-corrected chi connectivity index (χ2v) is 14.2. The van der Waals surface area contributed by atoms with E-state index in [9.17, 15) is 0 Å². The largest absolute Gasteiger partial charge is 0.366 e. The van der Waals surface area contributed by atoms with E-state index in [2.05, 4.69) is 181 Å². The number of nitrogens with two attached hydrogens (primary N) is 1. The van der Waals surface area contributed by atoms with Crippen LogP contribution in [0.5, 0.6) is 0 Å². The molecule has 2 nitrogen and oxygen atoms in total. The molecule has 0 bridgehead atoms. The Bertz CT molecular complexity index is 3050. The number of hydrogen-bond acceptors (Lipinski definition) is 2. The summed E-state index contributed by atoms with van der Waals surface area (Å²) in [6.45, 7) is 0. The first-order valence-electron chi connectivity index (χ1n) is 18.7. The van der Waals surface area contributed by atoms with Gasteiger partial charge in [0, 0.05) is 11.3 Å². The summed E-state index contributed by atoms with van der Waals surface area (Å²) in [5, 5.41) is 18.8. The van der Waals surface area contributed by atoms with Gasteiger partial charge in [0.15, 0.2) is 0 Å². The van der Waals surface area contributed by atoms with E-state index in [1.165, 1.54) is 81.3 Å². The lowest BCUT2D eigenvalue weighted by Crippen LogP contribution is -2.27. The first-order chi connectivity index (χ1) is 26.7. The molecule has 0 amide bonds. The van der Waals surface area contributed by atoms with Crippen molar-refractivity contribution in [2.75, 3.05) is 0 Å². The van der Waals surface area contributed by atoms with Gasteiger partial charge in [0.2, 0.25) is 0 Å². The Kier molecular flexibility index (Phi) is 7.90.